The molecule has 0 radical (unpaired) electrons. The summed E-state index contributed by atoms with van der Waals surface area (Å²) in [6.07, 6.45) is 12.3. The summed E-state index contributed by atoms with van der Waals surface area (Å²) in [7, 11) is -3.68. The number of hydrazine groups is 1. The van der Waals surface area contributed by atoms with Crippen molar-refractivity contribution in [2.75, 3.05) is 0 Å². The maximum Gasteiger partial charge on any atom is 0.262 e. The van der Waals surface area contributed by atoms with E-state index in [9.17, 15) is 18.0 Å². The quantitative estimate of drug-likeness (QED) is 0.381. The van der Waals surface area contributed by atoms with Crippen molar-refractivity contribution >= 4 is 27.9 Å². The average molecular weight is 498 g/mol. The van der Waals surface area contributed by atoms with Crippen molar-refractivity contribution in [1.29, 1.82) is 0 Å². The van der Waals surface area contributed by atoms with Crippen LogP contribution in [-0.2, 0) is 26.2 Å². The van der Waals surface area contributed by atoms with Crippen LogP contribution in [0.2, 0.25) is 0 Å². The number of hydrogen-bond donors (Lipinski definition) is 3. The largest absolute Gasteiger partial charge is 0.468 e. The molecule has 1 heterocycles. The predicted octanol–water partition coefficient (Wildman–Crippen LogP) is 3.53. The molecule has 1 aromatic carbocycles. The fraction of sp³-hybridized carbons (Fsp3) is 0.462. The molecule has 0 unspecified atom stereocenters. The number of carbonyl (C=O) groups is 2. The van der Waals surface area contributed by atoms with E-state index < -0.39 is 15.9 Å². The molecule has 4 saturated carbocycles. The first kappa shape index (κ1) is 23.8. The maximum absolute atomic E-state index is 12.5. The second-order valence-electron chi connectivity index (χ2n) is 10.4. The molecule has 2 aromatic rings. The summed E-state index contributed by atoms with van der Waals surface area (Å²) in [5.41, 5.74) is 5.80. The molecule has 3 N–H and O–H groups in total. The lowest BCUT2D eigenvalue weighted by Gasteiger charge is -2.56. The van der Waals surface area contributed by atoms with Gasteiger partial charge in [-0.15, -0.1) is 0 Å². The highest BCUT2D eigenvalue weighted by atomic mass is 32.2. The summed E-state index contributed by atoms with van der Waals surface area (Å²) in [5, 5.41) is 0. The van der Waals surface area contributed by atoms with Crippen LogP contribution in [0.4, 0.5) is 0 Å². The third-order valence-corrected chi connectivity index (χ3v) is 9.08. The molecule has 35 heavy (non-hydrogen) atoms. The maximum atomic E-state index is 12.5. The molecule has 1 aromatic heterocycles. The topological polar surface area (TPSA) is 118 Å². The molecule has 9 heteroatoms. The molecule has 4 bridgehead atoms. The van der Waals surface area contributed by atoms with Gasteiger partial charge in [-0.2, -0.15) is 0 Å². The Kier molecular flexibility index (Phi) is 6.55. The molecule has 4 aliphatic carbocycles. The van der Waals surface area contributed by atoms with Crippen molar-refractivity contribution in [2.24, 2.45) is 23.2 Å². The van der Waals surface area contributed by atoms with Crippen LogP contribution in [-0.4, -0.2) is 20.2 Å². The molecule has 4 fully saturated rings. The number of furan rings is 1. The van der Waals surface area contributed by atoms with Gasteiger partial charge in [0.05, 0.1) is 17.7 Å². The minimum atomic E-state index is -3.68. The first-order chi connectivity index (χ1) is 16.8. The van der Waals surface area contributed by atoms with Gasteiger partial charge in [0.2, 0.25) is 15.9 Å². The van der Waals surface area contributed by atoms with E-state index in [2.05, 4.69) is 15.6 Å². The van der Waals surface area contributed by atoms with E-state index in [1.165, 1.54) is 43.7 Å². The van der Waals surface area contributed by atoms with Crippen LogP contribution in [0.3, 0.4) is 0 Å². The number of sulfonamides is 1. The number of benzene rings is 1. The highest BCUT2D eigenvalue weighted by molar-refractivity contribution is 7.89. The summed E-state index contributed by atoms with van der Waals surface area (Å²) in [4.78, 5) is 24.8. The molecule has 6 rings (SSSR count). The van der Waals surface area contributed by atoms with E-state index in [0.29, 0.717) is 17.7 Å². The lowest BCUT2D eigenvalue weighted by molar-refractivity contribution is -0.133. The van der Waals surface area contributed by atoms with Gasteiger partial charge in [0, 0.05) is 12.5 Å². The minimum absolute atomic E-state index is 0.0613. The van der Waals surface area contributed by atoms with Crippen LogP contribution >= 0.6 is 0 Å². The SMILES string of the molecule is O=C(C=Cc1ccc(S(=O)(=O)NCc2ccco2)cc1)NNC(=O)CC12CC3CC(CC(C3)C1)C2. The Balaban J connectivity index is 1.09. The van der Waals surface area contributed by atoms with E-state index in [1.54, 1.807) is 30.3 Å². The van der Waals surface area contributed by atoms with Gasteiger partial charge in [0.1, 0.15) is 5.76 Å². The molecule has 0 saturated heterocycles. The van der Waals surface area contributed by atoms with Crippen molar-refractivity contribution in [3.63, 3.8) is 0 Å². The zero-order valence-electron chi connectivity index (χ0n) is 19.5. The van der Waals surface area contributed by atoms with Gasteiger partial charge in [-0.1, -0.05) is 12.1 Å². The standard InChI is InChI=1S/C26H31N3O5S/c30-24(28-29-25(31)16-26-13-19-10-20(14-26)12-21(11-19)15-26)8-5-18-3-6-23(7-4-18)35(32,33)27-17-22-2-1-9-34-22/h1-9,19-21,27H,10-17H2,(H,28,30)(H,29,31). The fourth-order valence-corrected chi connectivity index (χ4v) is 7.65. The molecule has 2 amide bonds. The van der Waals surface area contributed by atoms with E-state index in [-0.39, 0.29) is 22.8 Å². The Morgan fingerprint density at radius 3 is 2.23 bits per heavy atom. The lowest BCUT2D eigenvalue weighted by atomic mass is 9.49. The molecular weight excluding hydrogens is 466 g/mol. The average Bonchev–Trinajstić information content (AvgIpc) is 3.33. The monoisotopic (exact) mass is 497 g/mol. The molecule has 4 aliphatic rings. The highest BCUT2D eigenvalue weighted by Gasteiger charge is 2.51. The van der Waals surface area contributed by atoms with Crippen molar-refractivity contribution in [3.8, 4) is 0 Å². The third kappa shape index (κ3) is 5.67. The Hall–Kier alpha value is -2.91. The molecule has 0 atom stereocenters. The minimum Gasteiger partial charge on any atom is -0.468 e. The zero-order valence-corrected chi connectivity index (χ0v) is 20.4. The first-order valence-corrected chi connectivity index (χ1v) is 13.7. The summed E-state index contributed by atoms with van der Waals surface area (Å²) >= 11 is 0. The molecule has 0 spiro atoms. The summed E-state index contributed by atoms with van der Waals surface area (Å²) in [6.45, 7) is 0.0613. The number of carbonyl (C=O) groups excluding carboxylic acids is 2. The van der Waals surface area contributed by atoms with Gasteiger partial charge >= 0.3 is 0 Å². The van der Waals surface area contributed by atoms with Crippen LogP contribution in [0.15, 0.2) is 58.1 Å². The summed E-state index contributed by atoms with van der Waals surface area (Å²) in [6, 6.07) is 9.53. The Morgan fingerprint density at radius 2 is 1.63 bits per heavy atom. The second kappa shape index (κ2) is 9.62. The van der Waals surface area contributed by atoms with E-state index in [4.69, 9.17) is 4.42 Å². The summed E-state index contributed by atoms with van der Waals surface area (Å²) in [5.74, 6) is 2.27. The van der Waals surface area contributed by atoms with Crippen molar-refractivity contribution in [3.05, 3.63) is 60.1 Å². The molecule has 186 valence electrons. The Labute approximate surface area is 205 Å². The molecular formula is C26H31N3O5S. The third-order valence-electron chi connectivity index (χ3n) is 7.66. The van der Waals surface area contributed by atoms with Crippen LogP contribution < -0.4 is 15.6 Å². The Morgan fingerprint density at radius 1 is 0.971 bits per heavy atom. The van der Waals surface area contributed by atoms with E-state index in [0.717, 1.165) is 37.0 Å². The highest BCUT2D eigenvalue weighted by Crippen LogP contribution is 2.61. The number of hydrogen-bond acceptors (Lipinski definition) is 5. The molecule has 0 aliphatic heterocycles. The fourth-order valence-electron chi connectivity index (χ4n) is 6.66. The van der Waals surface area contributed by atoms with Crippen LogP contribution in [0.5, 0.6) is 0 Å². The van der Waals surface area contributed by atoms with Crippen LogP contribution in [0.25, 0.3) is 6.08 Å². The van der Waals surface area contributed by atoms with Crippen molar-refractivity contribution in [2.45, 2.75) is 56.4 Å². The smallest absolute Gasteiger partial charge is 0.262 e. The number of amides is 2. The number of nitrogens with one attached hydrogen (secondary N) is 3. The summed E-state index contributed by atoms with van der Waals surface area (Å²) < 4.78 is 32.4. The van der Waals surface area contributed by atoms with Gasteiger partial charge in [0.25, 0.3) is 5.91 Å². The first-order valence-electron chi connectivity index (χ1n) is 12.2. The Bertz CT molecular complexity index is 1170. The zero-order chi connectivity index (χ0) is 24.5. The van der Waals surface area contributed by atoms with Gasteiger partial charge in [-0.05, 0) is 97.6 Å². The van der Waals surface area contributed by atoms with E-state index in [1.807, 2.05) is 0 Å². The van der Waals surface area contributed by atoms with Gasteiger partial charge < -0.3 is 4.42 Å². The van der Waals surface area contributed by atoms with E-state index >= 15 is 0 Å². The van der Waals surface area contributed by atoms with Gasteiger partial charge in [-0.25, -0.2) is 13.1 Å². The van der Waals surface area contributed by atoms with Crippen molar-refractivity contribution < 1.29 is 22.4 Å². The number of rotatable bonds is 8. The predicted molar refractivity (Wildman–Crippen MR) is 130 cm³/mol. The molecule has 8 nitrogen and oxygen atoms in total. The van der Waals surface area contributed by atoms with Crippen LogP contribution in [0, 0.1) is 23.2 Å². The lowest BCUT2D eigenvalue weighted by Crippen LogP contribution is -2.49. The normalized spacial score (nSPS) is 27.3. The van der Waals surface area contributed by atoms with Gasteiger partial charge in [0.15, 0.2) is 0 Å². The van der Waals surface area contributed by atoms with Crippen LogP contribution in [0.1, 0.15) is 56.3 Å². The van der Waals surface area contributed by atoms with Crippen molar-refractivity contribution in [1.82, 2.24) is 15.6 Å². The van der Waals surface area contributed by atoms with Gasteiger partial charge in [-0.3, -0.25) is 20.4 Å². The second-order valence-corrected chi connectivity index (χ2v) is 12.2.